The molecule has 0 saturated carbocycles. The Balaban J connectivity index is 2.02. The van der Waals surface area contributed by atoms with E-state index in [-0.39, 0.29) is 11.7 Å². The summed E-state index contributed by atoms with van der Waals surface area (Å²) in [7, 11) is 0. The van der Waals surface area contributed by atoms with Crippen LogP contribution in [0.5, 0.6) is 5.75 Å². The molecule has 1 aromatic heterocycles. The van der Waals surface area contributed by atoms with Crippen LogP contribution in [0.1, 0.15) is 21.6 Å². The lowest BCUT2D eigenvalue weighted by atomic mass is 10.1. The van der Waals surface area contributed by atoms with Gasteiger partial charge in [-0.2, -0.15) is 5.10 Å². The van der Waals surface area contributed by atoms with Crippen LogP contribution in [-0.2, 0) is 6.54 Å². The Morgan fingerprint density at radius 1 is 1.47 bits per heavy atom. The number of nitrogens with zero attached hydrogens (tertiary/aromatic N) is 1. The largest absolute Gasteiger partial charge is 0.508 e. The van der Waals surface area contributed by atoms with E-state index in [2.05, 4.69) is 15.5 Å². The van der Waals surface area contributed by atoms with Crippen molar-refractivity contribution in [2.45, 2.75) is 13.5 Å². The number of aryl methyl sites for hydroxylation is 1. The maximum absolute atomic E-state index is 11.7. The van der Waals surface area contributed by atoms with Gasteiger partial charge < -0.3 is 10.4 Å². The first-order valence-corrected chi connectivity index (χ1v) is 5.23. The molecule has 0 aliphatic rings. The molecule has 5 heteroatoms. The highest BCUT2D eigenvalue weighted by atomic mass is 16.3. The van der Waals surface area contributed by atoms with Crippen LogP contribution in [0.3, 0.4) is 0 Å². The molecule has 88 valence electrons. The van der Waals surface area contributed by atoms with E-state index in [1.165, 1.54) is 6.07 Å². The van der Waals surface area contributed by atoms with E-state index in [9.17, 15) is 9.90 Å². The van der Waals surface area contributed by atoms with Gasteiger partial charge in [0.1, 0.15) is 5.75 Å². The maximum atomic E-state index is 11.7. The van der Waals surface area contributed by atoms with Crippen molar-refractivity contribution in [3.63, 3.8) is 0 Å². The lowest BCUT2D eigenvalue weighted by Gasteiger charge is -2.05. The van der Waals surface area contributed by atoms with E-state index >= 15 is 0 Å². The molecule has 0 unspecified atom stereocenters. The number of benzene rings is 1. The number of phenols is 1. The van der Waals surface area contributed by atoms with Crippen LogP contribution in [0.15, 0.2) is 30.5 Å². The summed E-state index contributed by atoms with van der Waals surface area (Å²) in [6.07, 6.45) is 1.62. The summed E-state index contributed by atoms with van der Waals surface area (Å²) in [6, 6.07) is 6.63. The minimum Gasteiger partial charge on any atom is -0.508 e. The van der Waals surface area contributed by atoms with Gasteiger partial charge in [-0.1, -0.05) is 6.07 Å². The molecule has 1 aromatic carbocycles. The fourth-order valence-corrected chi connectivity index (χ4v) is 1.41. The molecule has 0 atom stereocenters. The number of carbonyl (C=O) groups excluding carboxylic acids is 1. The third kappa shape index (κ3) is 2.63. The Labute approximate surface area is 98.5 Å². The van der Waals surface area contributed by atoms with Crippen LogP contribution in [-0.4, -0.2) is 21.2 Å². The van der Waals surface area contributed by atoms with Crippen LogP contribution < -0.4 is 5.32 Å². The SMILES string of the molecule is Cc1ccc(C(=O)NCc2ccn[nH]2)cc1O. The lowest BCUT2D eigenvalue weighted by molar-refractivity contribution is 0.0950. The highest BCUT2D eigenvalue weighted by molar-refractivity contribution is 5.94. The van der Waals surface area contributed by atoms with Crippen molar-refractivity contribution in [1.29, 1.82) is 0 Å². The normalized spacial score (nSPS) is 10.2. The predicted octanol–water partition coefficient (Wildman–Crippen LogP) is 1.35. The lowest BCUT2D eigenvalue weighted by Crippen LogP contribution is -2.22. The number of hydrogen-bond acceptors (Lipinski definition) is 3. The fraction of sp³-hybridized carbons (Fsp3) is 0.167. The molecule has 0 fully saturated rings. The summed E-state index contributed by atoms with van der Waals surface area (Å²) in [5.74, 6) is -0.103. The molecule has 0 saturated heterocycles. The number of amides is 1. The van der Waals surface area contributed by atoms with Gasteiger partial charge in [-0.3, -0.25) is 9.89 Å². The van der Waals surface area contributed by atoms with Crippen LogP contribution >= 0.6 is 0 Å². The van der Waals surface area contributed by atoms with Crippen LogP contribution in [0.25, 0.3) is 0 Å². The van der Waals surface area contributed by atoms with Crippen molar-refractivity contribution in [3.05, 3.63) is 47.3 Å². The van der Waals surface area contributed by atoms with Gasteiger partial charge in [0.05, 0.1) is 12.2 Å². The minimum absolute atomic E-state index is 0.124. The standard InChI is InChI=1S/C12H13N3O2/c1-8-2-3-9(6-11(8)16)12(17)13-7-10-4-5-14-15-10/h2-6,16H,7H2,1H3,(H,13,17)(H,14,15). The second-order valence-electron chi connectivity index (χ2n) is 3.77. The number of aromatic nitrogens is 2. The fourth-order valence-electron chi connectivity index (χ4n) is 1.41. The van der Waals surface area contributed by atoms with Crippen molar-refractivity contribution in [2.24, 2.45) is 0 Å². The minimum atomic E-state index is -0.227. The molecule has 0 spiro atoms. The molecule has 2 aromatic rings. The van der Waals surface area contributed by atoms with Crippen molar-refractivity contribution in [1.82, 2.24) is 15.5 Å². The molecule has 1 heterocycles. The van der Waals surface area contributed by atoms with E-state index < -0.39 is 0 Å². The number of aromatic hydroxyl groups is 1. The topological polar surface area (TPSA) is 78.0 Å². The molecular formula is C12H13N3O2. The Kier molecular flexibility index (Phi) is 3.09. The zero-order chi connectivity index (χ0) is 12.3. The first-order chi connectivity index (χ1) is 8.16. The van der Waals surface area contributed by atoms with Gasteiger partial charge in [-0.25, -0.2) is 0 Å². The summed E-state index contributed by atoms with van der Waals surface area (Å²) in [4.78, 5) is 11.7. The quantitative estimate of drug-likeness (QED) is 0.746. The number of carbonyl (C=O) groups is 1. The van der Waals surface area contributed by atoms with E-state index in [0.29, 0.717) is 12.1 Å². The first-order valence-electron chi connectivity index (χ1n) is 5.23. The first kappa shape index (κ1) is 11.2. The predicted molar refractivity (Wildman–Crippen MR) is 62.6 cm³/mol. The molecule has 0 bridgehead atoms. The highest BCUT2D eigenvalue weighted by Gasteiger charge is 2.07. The van der Waals surface area contributed by atoms with Gasteiger partial charge >= 0.3 is 0 Å². The monoisotopic (exact) mass is 231 g/mol. The van der Waals surface area contributed by atoms with Gasteiger partial charge in [0.25, 0.3) is 5.91 Å². The Morgan fingerprint density at radius 2 is 2.29 bits per heavy atom. The van der Waals surface area contributed by atoms with E-state index in [4.69, 9.17) is 0 Å². The van der Waals surface area contributed by atoms with Gasteiger partial charge in [0.2, 0.25) is 0 Å². The van der Waals surface area contributed by atoms with Gasteiger partial charge in [0, 0.05) is 11.8 Å². The summed E-state index contributed by atoms with van der Waals surface area (Å²) in [6.45, 7) is 2.16. The smallest absolute Gasteiger partial charge is 0.251 e. The number of rotatable bonds is 3. The second-order valence-corrected chi connectivity index (χ2v) is 3.77. The molecule has 0 aliphatic heterocycles. The van der Waals surface area contributed by atoms with Crippen molar-refractivity contribution < 1.29 is 9.90 Å². The molecule has 0 aliphatic carbocycles. The molecular weight excluding hydrogens is 218 g/mol. The summed E-state index contributed by atoms with van der Waals surface area (Å²) < 4.78 is 0. The van der Waals surface area contributed by atoms with Gasteiger partial charge in [-0.05, 0) is 30.7 Å². The van der Waals surface area contributed by atoms with Gasteiger partial charge in [-0.15, -0.1) is 0 Å². The van der Waals surface area contributed by atoms with E-state index in [0.717, 1.165) is 11.3 Å². The number of H-pyrrole nitrogens is 1. The third-order valence-corrected chi connectivity index (χ3v) is 2.47. The molecule has 17 heavy (non-hydrogen) atoms. The van der Waals surface area contributed by atoms with E-state index in [1.54, 1.807) is 31.3 Å². The maximum Gasteiger partial charge on any atom is 0.251 e. The average Bonchev–Trinajstić information content (AvgIpc) is 2.82. The Hall–Kier alpha value is -2.30. The van der Waals surface area contributed by atoms with Crippen molar-refractivity contribution >= 4 is 5.91 Å². The Bertz CT molecular complexity index is 521. The van der Waals surface area contributed by atoms with Crippen molar-refractivity contribution in [3.8, 4) is 5.75 Å². The summed E-state index contributed by atoms with van der Waals surface area (Å²) >= 11 is 0. The second kappa shape index (κ2) is 4.69. The third-order valence-electron chi connectivity index (χ3n) is 2.47. The molecule has 0 radical (unpaired) electrons. The molecule has 2 rings (SSSR count). The average molecular weight is 231 g/mol. The zero-order valence-electron chi connectivity index (χ0n) is 9.40. The molecule has 1 amide bonds. The summed E-state index contributed by atoms with van der Waals surface area (Å²) in [5, 5.41) is 18.8. The van der Waals surface area contributed by atoms with Crippen LogP contribution in [0, 0.1) is 6.92 Å². The van der Waals surface area contributed by atoms with Gasteiger partial charge in [0.15, 0.2) is 0 Å². The van der Waals surface area contributed by atoms with Crippen LogP contribution in [0.2, 0.25) is 0 Å². The number of nitrogens with one attached hydrogen (secondary N) is 2. The Morgan fingerprint density at radius 3 is 2.94 bits per heavy atom. The molecule has 5 nitrogen and oxygen atoms in total. The number of phenolic OH excluding ortho intramolecular Hbond substituents is 1. The summed E-state index contributed by atoms with van der Waals surface area (Å²) in [5.41, 5.74) is 2.01. The number of aromatic amines is 1. The molecule has 3 N–H and O–H groups in total. The van der Waals surface area contributed by atoms with E-state index in [1.807, 2.05) is 0 Å². The zero-order valence-corrected chi connectivity index (χ0v) is 9.40. The van der Waals surface area contributed by atoms with Crippen LogP contribution in [0.4, 0.5) is 0 Å². The van der Waals surface area contributed by atoms with Crippen molar-refractivity contribution in [2.75, 3.05) is 0 Å². The highest BCUT2D eigenvalue weighted by Crippen LogP contribution is 2.17. The number of hydrogen-bond donors (Lipinski definition) is 3.